The third-order valence-electron chi connectivity index (χ3n) is 2.48. The highest BCUT2D eigenvalue weighted by molar-refractivity contribution is 9.11. The van der Waals surface area contributed by atoms with Crippen molar-refractivity contribution in [1.29, 1.82) is 0 Å². The van der Waals surface area contributed by atoms with E-state index in [-0.39, 0.29) is 10.7 Å². The van der Waals surface area contributed by atoms with E-state index in [1.54, 1.807) is 0 Å². The average molecular weight is 435 g/mol. The van der Waals surface area contributed by atoms with Gasteiger partial charge in [0.05, 0.1) is 11.1 Å². The Hall–Kier alpha value is -1.32. The molecule has 21 heavy (non-hydrogen) atoms. The Bertz CT molecular complexity index is 792. The van der Waals surface area contributed by atoms with E-state index < -0.39 is 15.7 Å². The zero-order chi connectivity index (χ0) is 15.6. The molecule has 0 aliphatic carbocycles. The van der Waals surface area contributed by atoms with Crippen LogP contribution in [0.2, 0.25) is 0 Å². The predicted molar refractivity (Wildman–Crippen MR) is 84.9 cm³/mol. The second-order valence-electron chi connectivity index (χ2n) is 4.08. The van der Waals surface area contributed by atoms with E-state index in [1.807, 2.05) is 0 Å². The van der Waals surface area contributed by atoms with Gasteiger partial charge >= 0.3 is 0 Å². The number of hydrogen-bond donors (Lipinski definition) is 1. The minimum absolute atomic E-state index is 0.156. The quantitative estimate of drug-likeness (QED) is 0.801. The van der Waals surface area contributed by atoms with Gasteiger partial charge in [0, 0.05) is 11.8 Å². The zero-order valence-electron chi connectivity index (χ0n) is 10.7. The highest BCUT2D eigenvalue weighted by Crippen LogP contribution is 2.20. The number of nitrogens with zero attached hydrogens (tertiary/aromatic N) is 2. The van der Waals surface area contributed by atoms with Gasteiger partial charge in [0.25, 0.3) is 5.91 Å². The second-order valence-corrected chi connectivity index (χ2v) is 7.66. The molecule has 1 N–H and O–H groups in total. The molecule has 0 radical (unpaired) electrons. The van der Waals surface area contributed by atoms with Crippen molar-refractivity contribution in [3.8, 4) is 0 Å². The number of carbonyl (C=O) groups is 1. The van der Waals surface area contributed by atoms with Gasteiger partial charge in [-0.2, -0.15) is 0 Å². The Balaban J connectivity index is 2.21. The molecule has 1 aromatic heterocycles. The van der Waals surface area contributed by atoms with Gasteiger partial charge in [-0.15, -0.1) is 0 Å². The third-order valence-corrected chi connectivity index (χ3v) is 4.54. The number of aromatic nitrogens is 2. The summed E-state index contributed by atoms with van der Waals surface area (Å²) in [5.74, 6) is -0.136. The van der Waals surface area contributed by atoms with E-state index in [1.165, 1.54) is 30.5 Å². The summed E-state index contributed by atoms with van der Waals surface area (Å²) in [6.45, 7) is 0. The lowest BCUT2D eigenvalue weighted by molar-refractivity contribution is 0.102. The maximum absolute atomic E-state index is 12.1. The van der Waals surface area contributed by atoms with Crippen LogP contribution in [0.1, 0.15) is 10.4 Å². The summed E-state index contributed by atoms with van der Waals surface area (Å²) in [5.41, 5.74) is 0.319. The fourth-order valence-electron chi connectivity index (χ4n) is 1.46. The Morgan fingerprint density at radius 3 is 2.33 bits per heavy atom. The lowest BCUT2D eigenvalue weighted by Gasteiger charge is -2.06. The summed E-state index contributed by atoms with van der Waals surface area (Å²) in [4.78, 5) is 20.3. The first-order chi connectivity index (χ1) is 9.77. The predicted octanol–water partition coefficient (Wildman–Crippen LogP) is 2.66. The van der Waals surface area contributed by atoms with Crippen LogP contribution in [0.4, 0.5) is 5.82 Å². The highest BCUT2D eigenvalue weighted by Gasteiger charge is 2.12. The van der Waals surface area contributed by atoms with E-state index in [4.69, 9.17) is 0 Å². The Kier molecular flexibility index (Phi) is 4.74. The highest BCUT2D eigenvalue weighted by atomic mass is 79.9. The molecule has 0 fully saturated rings. The van der Waals surface area contributed by atoms with E-state index >= 15 is 0 Å². The molecule has 0 saturated heterocycles. The van der Waals surface area contributed by atoms with Gasteiger partial charge in [-0.05, 0) is 56.1 Å². The van der Waals surface area contributed by atoms with Crippen molar-refractivity contribution >= 4 is 53.4 Å². The minimum Gasteiger partial charge on any atom is -0.304 e. The summed E-state index contributed by atoms with van der Waals surface area (Å²) in [6, 6.07) is 5.64. The fraction of sp³-hybridized carbons (Fsp3) is 0.0833. The molecule has 110 valence electrons. The maximum Gasteiger partial charge on any atom is 0.256 e. The van der Waals surface area contributed by atoms with Crippen LogP contribution in [-0.4, -0.2) is 30.5 Å². The van der Waals surface area contributed by atoms with Crippen molar-refractivity contribution in [3.05, 3.63) is 45.2 Å². The van der Waals surface area contributed by atoms with Crippen molar-refractivity contribution in [2.24, 2.45) is 0 Å². The molecule has 0 atom stereocenters. The molecule has 1 amide bonds. The lowest BCUT2D eigenvalue weighted by Crippen LogP contribution is -2.14. The van der Waals surface area contributed by atoms with Crippen molar-refractivity contribution in [1.82, 2.24) is 9.97 Å². The Labute approximate surface area is 138 Å². The van der Waals surface area contributed by atoms with Gasteiger partial charge in [-0.3, -0.25) is 4.79 Å². The standard InChI is InChI=1S/C12H9Br2N3O3S/c1-21(19,20)8-4-2-7(3-5-8)12(18)17-11-10(14)16-9(13)6-15-11/h2-6H,1H3,(H,15,17,18). The monoisotopic (exact) mass is 433 g/mol. The number of amides is 1. The molecule has 0 aliphatic heterocycles. The SMILES string of the molecule is CS(=O)(=O)c1ccc(C(=O)Nc2ncc(Br)nc2Br)cc1. The number of halogens is 2. The molecule has 1 heterocycles. The summed E-state index contributed by atoms with van der Waals surface area (Å²) in [6.07, 6.45) is 2.56. The molecular formula is C12H9Br2N3O3S. The van der Waals surface area contributed by atoms with Crippen LogP contribution in [-0.2, 0) is 9.84 Å². The third kappa shape index (κ3) is 4.08. The van der Waals surface area contributed by atoms with Crippen molar-refractivity contribution < 1.29 is 13.2 Å². The molecule has 0 saturated carbocycles. The van der Waals surface area contributed by atoms with Crippen molar-refractivity contribution in [2.75, 3.05) is 11.6 Å². The molecule has 0 aliphatic rings. The summed E-state index contributed by atoms with van der Waals surface area (Å²) in [7, 11) is -3.28. The Morgan fingerprint density at radius 2 is 1.81 bits per heavy atom. The first kappa shape index (κ1) is 16.1. The van der Waals surface area contributed by atoms with Gasteiger partial charge in [0.1, 0.15) is 9.21 Å². The minimum atomic E-state index is -3.28. The molecule has 9 heteroatoms. The van der Waals surface area contributed by atoms with Crippen LogP contribution < -0.4 is 5.32 Å². The molecule has 0 unspecified atom stereocenters. The van der Waals surface area contributed by atoms with E-state index in [2.05, 4.69) is 47.1 Å². The molecule has 1 aromatic carbocycles. The number of anilines is 1. The first-order valence-electron chi connectivity index (χ1n) is 5.57. The number of benzene rings is 1. The van der Waals surface area contributed by atoms with E-state index in [0.29, 0.717) is 14.8 Å². The van der Waals surface area contributed by atoms with Crippen LogP contribution in [0.5, 0.6) is 0 Å². The van der Waals surface area contributed by atoms with Gasteiger partial charge in [0.15, 0.2) is 15.7 Å². The van der Waals surface area contributed by atoms with Gasteiger partial charge in [-0.1, -0.05) is 0 Å². The smallest absolute Gasteiger partial charge is 0.256 e. The number of hydrogen-bond acceptors (Lipinski definition) is 5. The summed E-state index contributed by atoms with van der Waals surface area (Å²) in [5, 5.41) is 2.58. The number of nitrogens with one attached hydrogen (secondary N) is 1. The zero-order valence-corrected chi connectivity index (χ0v) is 14.7. The van der Waals surface area contributed by atoms with Crippen LogP contribution in [0.3, 0.4) is 0 Å². The number of rotatable bonds is 3. The topological polar surface area (TPSA) is 89.0 Å². The Morgan fingerprint density at radius 1 is 1.19 bits per heavy atom. The molecule has 0 bridgehead atoms. The lowest BCUT2D eigenvalue weighted by atomic mass is 10.2. The van der Waals surface area contributed by atoms with E-state index in [0.717, 1.165) is 6.26 Å². The number of sulfone groups is 1. The largest absolute Gasteiger partial charge is 0.304 e. The normalized spacial score (nSPS) is 11.2. The second kappa shape index (κ2) is 6.20. The molecule has 2 rings (SSSR count). The fourth-order valence-corrected chi connectivity index (χ4v) is 3.00. The first-order valence-corrected chi connectivity index (χ1v) is 9.04. The van der Waals surface area contributed by atoms with Crippen LogP contribution in [0.25, 0.3) is 0 Å². The van der Waals surface area contributed by atoms with Crippen LogP contribution in [0, 0.1) is 0 Å². The van der Waals surface area contributed by atoms with Crippen molar-refractivity contribution in [2.45, 2.75) is 4.90 Å². The van der Waals surface area contributed by atoms with Crippen LogP contribution in [0.15, 0.2) is 44.6 Å². The van der Waals surface area contributed by atoms with E-state index in [9.17, 15) is 13.2 Å². The molecular weight excluding hydrogens is 426 g/mol. The van der Waals surface area contributed by atoms with Crippen LogP contribution >= 0.6 is 31.9 Å². The molecule has 2 aromatic rings. The molecule has 0 spiro atoms. The molecule has 6 nitrogen and oxygen atoms in total. The number of carbonyl (C=O) groups excluding carboxylic acids is 1. The van der Waals surface area contributed by atoms with Gasteiger partial charge in [0.2, 0.25) is 0 Å². The average Bonchev–Trinajstić information content (AvgIpc) is 2.41. The van der Waals surface area contributed by atoms with Gasteiger partial charge < -0.3 is 5.32 Å². The summed E-state index contributed by atoms with van der Waals surface area (Å²) >= 11 is 6.35. The van der Waals surface area contributed by atoms with Gasteiger partial charge in [-0.25, -0.2) is 18.4 Å². The summed E-state index contributed by atoms with van der Waals surface area (Å²) < 4.78 is 23.6. The van der Waals surface area contributed by atoms with Crippen molar-refractivity contribution in [3.63, 3.8) is 0 Å². The maximum atomic E-state index is 12.1.